The Balaban J connectivity index is 1.62. The molecule has 1 saturated carbocycles. The fourth-order valence-corrected chi connectivity index (χ4v) is 3.75. The lowest BCUT2D eigenvalue weighted by Crippen LogP contribution is -2.49. The van der Waals surface area contributed by atoms with E-state index in [4.69, 9.17) is 4.74 Å². The zero-order valence-electron chi connectivity index (χ0n) is 11.4. The molecule has 4 heteroatoms. The van der Waals surface area contributed by atoms with Gasteiger partial charge in [-0.2, -0.15) is 0 Å². The number of amides is 1. The fraction of sp³-hybridized carbons (Fsp3) is 0.929. The van der Waals surface area contributed by atoms with Crippen molar-refractivity contribution >= 4 is 5.91 Å². The lowest BCUT2D eigenvalue weighted by Gasteiger charge is -2.36. The topological polar surface area (TPSA) is 41.6 Å². The molecule has 3 atom stereocenters. The summed E-state index contributed by atoms with van der Waals surface area (Å²) in [6.45, 7) is 7.83. The van der Waals surface area contributed by atoms with Crippen molar-refractivity contribution in [2.45, 2.75) is 45.3 Å². The molecule has 2 heterocycles. The van der Waals surface area contributed by atoms with Gasteiger partial charge < -0.3 is 15.0 Å². The number of piperidine rings is 1. The van der Waals surface area contributed by atoms with Gasteiger partial charge in [0.15, 0.2) is 0 Å². The zero-order chi connectivity index (χ0) is 12.8. The van der Waals surface area contributed by atoms with Gasteiger partial charge in [-0.1, -0.05) is 0 Å². The lowest BCUT2D eigenvalue weighted by molar-refractivity contribution is -0.145. The molecule has 2 aliphatic heterocycles. The highest BCUT2D eigenvalue weighted by atomic mass is 16.5. The molecule has 1 aliphatic carbocycles. The van der Waals surface area contributed by atoms with Gasteiger partial charge >= 0.3 is 0 Å². The number of hydrogen-bond donors (Lipinski definition) is 1. The number of nitrogens with one attached hydrogen (secondary N) is 1. The van der Waals surface area contributed by atoms with Crippen LogP contribution in [0.5, 0.6) is 0 Å². The van der Waals surface area contributed by atoms with Crippen LogP contribution in [0, 0.1) is 11.3 Å². The second kappa shape index (κ2) is 4.49. The maximum atomic E-state index is 12.6. The first kappa shape index (κ1) is 12.4. The van der Waals surface area contributed by atoms with Crippen LogP contribution in [0.3, 0.4) is 0 Å². The van der Waals surface area contributed by atoms with Gasteiger partial charge in [-0.05, 0) is 51.6 Å². The molecule has 1 spiro atoms. The summed E-state index contributed by atoms with van der Waals surface area (Å²) in [5, 5.41) is 3.39. The Hall–Kier alpha value is -0.610. The smallest absolute Gasteiger partial charge is 0.226 e. The van der Waals surface area contributed by atoms with E-state index in [2.05, 4.69) is 19.2 Å². The van der Waals surface area contributed by atoms with Gasteiger partial charge in [0.2, 0.25) is 5.91 Å². The Labute approximate surface area is 109 Å². The third-order valence-corrected chi connectivity index (χ3v) is 4.82. The average Bonchev–Trinajstić information content (AvgIpc) is 3.01. The van der Waals surface area contributed by atoms with Crippen molar-refractivity contribution in [3.63, 3.8) is 0 Å². The van der Waals surface area contributed by atoms with Gasteiger partial charge in [0.25, 0.3) is 0 Å². The van der Waals surface area contributed by atoms with Crippen molar-refractivity contribution in [3.05, 3.63) is 0 Å². The third-order valence-electron chi connectivity index (χ3n) is 4.82. The summed E-state index contributed by atoms with van der Waals surface area (Å²) < 4.78 is 5.70. The van der Waals surface area contributed by atoms with Crippen molar-refractivity contribution in [3.8, 4) is 0 Å². The number of morpholine rings is 1. The number of carbonyl (C=O) groups is 1. The van der Waals surface area contributed by atoms with Crippen LogP contribution in [0.4, 0.5) is 0 Å². The molecule has 3 unspecified atom stereocenters. The first-order valence-corrected chi connectivity index (χ1v) is 7.26. The Morgan fingerprint density at radius 2 is 1.83 bits per heavy atom. The van der Waals surface area contributed by atoms with Crippen LogP contribution in [0.15, 0.2) is 0 Å². The van der Waals surface area contributed by atoms with E-state index in [0.717, 1.165) is 32.6 Å². The van der Waals surface area contributed by atoms with Crippen LogP contribution >= 0.6 is 0 Å². The van der Waals surface area contributed by atoms with Gasteiger partial charge in [0, 0.05) is 19.0 Å². The SMILES string of the molecule is CC1CN(C(=O)C2CC23CCNCC3)CC(C)O1. The summed E-state index contributed by atoms with van der Waals surface area (Å²) >= 11 is 0. The van der Waals surface area contributed by atoms with E-state index in [-0.39, 0.29) is 12.2 Å². The van der Waals surface area contributed by atoms with Crippen molar-refractivity contribution < 1.29 is 9.53 Å². The minimum absolute atomic E-state index is 0.181. The second-order valence-electron chi connectivity index (χ2n) is 6.37. The normalized spacial score (nSPS) is 38.8. The summed E-state index contributed by atoms with van der Waals surface area (Å²) in [6.07, 6.45) is 3.84. The summed E-state index contributed by atoms with van der Waals surface area (Å²) in [5.74, 6) is 0.691. The van der Waals surface area contributed by atoms with E-state index in [1.807, 2.05) is 4.90 Å². The molecule has 0 aromatic heterocycles. The maximum absolute atomic E-state index is 12.6. The van der Waals surface area contributed by atoms with E-state index in [1.165, 1.54) is 12.8 Å². The standard InChI is InChI=1S/C14H24N2O2/c1-10-8-16(9-11(2)18-10)13(17)12-7-14(12)3-5-15-6-4-14/h10-12,15H,3-9H2,1-2H3. The molecule has 2 saturated heterocycles. The molecule has 3 rings (SSSR count). The predicted octanol–water partition coefficient (Wildman–Crippen LogP) is 1.01. The number of rotatable bonds is 1. The summed E-state index contributed by atoms with van der Waals surface area (Å²) in [6, 6.07) is 0. The van der Waals surface area contributed by atoms with Crippen LogP contribution in [-0.2, 0) is 9.53 Å². The molecule has 0 radical (unpaired) electrons. The number of ether oxygens (including phenoxy) is 1. The molecule has 0 aromatic rings. The first-order valence-electron chi connectivity index (χ1n) is 7.26. The van der Waals surface area contributed by atoms with E-state index >= 15 is 0 Å². The molecule has 3 fully saturated rings. The Bertz CT molecular complexity index is 329. The van der Waals surface area contributed by atoms with Crippen molar-refractivity contribution in [1.82, 2.24) is 10.2 Å². The van der Waals surface area contributed by atoms with E-state index in [1.54, 1.807) is 0 Å². The molecular formula is C14H24N2O2. The van der Waals surface area contributed by atoms with Crippen LogP contribution in [0.1, 0.15) is 33.1 Å². The maximum Gasteiger partial charge on any atom is 0.226 e. The molecule has 1 amide bonds. The zero-order valence-corrected chi connectivity index (χ0v) is 11.4. The van der Waals surface area contributed by atoms with Crippen LogP contribution < -0.4 is 5.32 Å². The minimum atomic E-state index is 0.181. The van der Waals surface area contributed by atoms with Gasteiger partial charge in [0.05, 0.1) is 12.2 Å². The van der Waals surface area contributed by atoms with Crippen LogP contribution in [0.2, 0.25) is 0 Å². The van der Waals surface area contributed by atoms with Gasteiger partial charge in [0.1, 0.15) is 0 Å². The Kier molecular flexibility index (Phi) is 3.10. The monoisotopic (exact) mass is 252 g/mol. The fourth-order valence-electron chi connectivity index (χ4n) is 3.75. The largest absolute Gasteiger partial charge is 0.372 e. The second-order valence-corrected chi connectivity index (χ2v) is 6.37. The molecule has 4 nitrogen and oxygen atoms in total. The van der Waals surface area contributed by atoms with Crippen molar-refractivity contribution in [1.29, 1.82) is 0 Å². The summed E-state index contributed by atoms with van der Waals surface area (Å²) in [4.78, 5) is 14.6. The van der Waals surface area contributed by atoms with Crippen molar-refractivity contribution in [2.24, 2.45) is 11.3 Å². The van der Waals surface area contributed by atoms with Crippen LogP contribution in [-0.4, -0.2) is 49.2 Å². The molecule has 102 valence electrons. The number of hydrogen-bond acceptors (Lipinski definition) is 3. The highest BCUT2D eigenvalue weighted by Crippen LogP contribution is 2.59. The van der Waals surface area contributed by atoms with Gasteiger partial charge in [-0.15, -0.1) is 0 Å². The molecular weight excluding hydrogens is 228 g/mol. The molecule has 3 aliphatic rings. The molecule has 0 aromatic carbocycles. The summed E-state index contributed by atoms with van der Waals surface area (Å²) in [7, 11) is 0. The van der Waals surface area contributed by atoms with Crippen LogP contribution in [0.25, 0.3) is 0 Å². The minimum Gasteiger partial charge on any atom is -0.372 e. The predicted molar refractivity (Wildman–Crippen MR) is 69.2 cm³/mol. The van der Waals surface area contributed by atoms with Gasteiger partial charge in [-0.25, -0.2) is 0 Å². The van der Waals surface area contributed by atoms with E-state index in [9.17, 15) is 4.79 Å². The highest BCUT2D eigenvalue weighted by Gasteiger charge is 2.58. The Morgan fingerprint density at radius 3 is 2.44 bits per heavy atom. The quantitative estimate of drug-likeness (QED) is 0.757. The highest BCUT2D eigenvalue weighted by molar-refractivity contribution is 5.83. The van der Waals surface area contributed by atoms with E-state index in [0.29, 0.717) is 17.2 Å². The molecule has 0 bridgehead atoms. The third kappa shape index (κ3) is 2.16. The Morgan fingerprint density at radius 1 is 1.22 bits per heavy atom. The van der Waals surface area contributed by atoms with E-state index < -0.39 is 0 Å². The van der Waals surface area contributed by atoms with Gasteiger partial charge in [-0.3, -0.25) is 4.79 Å². The molecule has 1 N–H and O–H groups in total. The van der Waals surface area contributed by atoms with Crippen molar-refractivity contribution in [2.75, 3.05) is 26.2 Å². The summed E-state index contributed by atoms with van der Waals surface area (Å²) in [5.41, 5.74) is 0.354. The number of carbonyl (C=O) groups excluding carboxylic acids is 1. The number of nitrogens with zero attached hydrogens (tertiary/aromatic N) is 1. The average molecular weight is 252 g/mol. The lowest BCUT2D eigenvalue weighted by atomic mass is 9.91. The first-order chi connectivity index (χ1) is 8.61. The molecule has 18 heavy (non-hydrogen) atoms.